The lowest BCUT2D eigenvalue weighted by Crippen LogP contribution is -2.30. The summed E-state index contributed by atoms with van der Waals surface area (Å²) in [6.07, 6.45) is -0.916. The van der Waals surface area contributed by atoms with Gasteiger partial charge in [-0.3, -0.25) is 4.79 Å². The third kappa shape index (κ3) is 5.70. The number of amides is 1. The Kier molecular flexibility index (Phi) is 6.67. The first-order valence-corrected chi connectivity index (χ1v) is 9.62. The van der Waals surface area contributed by atoms with E-state index in [1.165, 1.54) is 6.92 Å². The molecule has 8 heteroatoms. The zero-order valence-electron chi connectivity index (χ0n) is 17.5. The number of nitriles is 1. The van der Waals surface area contributed by atoms with Crippen molar-refractivity contribution in [1.29, 1.82) is 5.26 Å². The van der Waals surface area contributed by atoms with Crippen molar-refractivity contribution in [3.8, 4) is 17.5 Å². The van der Waals surface area contributed by atoms with Gasteiger partial charge in [0, 0.05) is 6.07 Å². The van der Waals surface area contributed by atoms with Crippen molar-refractivity contribution in [2.24, 2.45) is 0 Å². The van der Waals surface area contributed by atoms with E-state index in [4.69, 9.17) is 14.7 Å². The Balaban J connectivity index is 1.55. The van der Waals surface area contributed by atoms with Crippen LogP contribution in [0.1, 0.15) is 23.7 Å². The molecule has 1 heterocycles. The second-order valence-corrected chi connectivity index (χ2v) is 6.97. The minimum absolute atomic E-state index is 0.422. The maximum absolute atomic E-state index is 12.3. The van der Waals surface area contributed by atoms with Gasteiger partial charge in [0.25, 0.3) is 5.91 Å². The van der Waals surface area contributed by atoms with Crippen molar-refractivity contribution in [2.75, 3.05) is 11.9 Å². The third-order valence-corrected chi connectivity index (χ3v) is 4.35. The van der Waals surface area contributed by atoms with Gasteiger partial charge in [-0.1, -0.05) is 17.7 Å². The Morgan fingerprint density at radius 3 is 2.45 bits per heavy atom. The minimum atomic E-state index is -0.916. The molecule has 2 aromatic carbocycles. The highest BCUT2D eigenvalue weighted by molar-refractivity contribution is 5.92. The molecule has 3 rings (SSSR count). The fourth-order valence-corrected chi connectivity index (χ4v) is 2.76. The summed E-state index contributed by atoms with van der Waals surface area (Å²) in [5.41, 5.74) is 3.13. The molecule has 0 fully saturated rings. The summed E-state index contributed by atoms with van der Waals surface area (Å²) in [6.45, 7) is 4.87. The maximum atomic E-state index is 12.3. The normalized spacial score (nSPS) is 11.3. The van der Waals surface area contributed by atoms with Gasteiger partial charge in [-0.15, -0.1) is 0 Å². The van der Waals surface area contributed by atoms with Crippen LogP contribution >= 0.6 is 0 Å². The van der Waals surface area contributed by atoms with Gasteiger partial charge < -0.3 is 14.8 Å². The van der Waals surface area contributed by atoms with Crippen LogP contribution in [-0.4, -0.2) is 34.4 Å². The number of anilines is 1. The van der Waals surface area contributed by atoms with Gasteiger partial charge in [0.05, 0.1) is 23.0 Å². The molecule has 158 valence electrons. The lowest BCUT2D eigenvalue weighted by molar-refractivity contribution is -0.153. The summed E-state index contributed by atoms with van der Waals surface area (Å²) in [6, 6.07) is 17.8. The molecule has 8 nitrogen and oxygen atoms in total. The van der Waals surface area contributed by atoms with Gasteiger partial charge in [0.15, 0.2) is 12.7 Å². The molecule has 0 bridgehead atoms. The number of nitrogens with zero attached hydrogens (tertiary/aromatic N) is 3. The quantitative estimate of drug-likeness (QED) is 0.590. The smallest absolute Gasteiger partial charge is 0.347 e. The third-order valence-electron chi connectivity index (χ3n) is 4.35. The molecule has 0 radical (unpaired) electrons. The zero-order chi connectivity index (χ0) is 22.4. The Bertz CT molecular complexity index is 1110. The number of carbonyl (C=O) groups excluding carboxylic acids is 2. The van der Waals surface area contributed by atoms with Crippen molar-refractivity contribution in [3.05, 3.63) is 71.4 Å². The van der Waals surface area contributed by atoms with Crippen LogP contribution in [0.3, 0.4) is 0 Å². The molecule has 1 amide bonds. The monoisotopic (exact) mass is 418 g/mol. The number of hydrogen-bond donors (Lipinski definition) is 1. The SMILES string of the molecule is Cc1ccc(-n2nc(C)cc2NC(=O)COC(=O)C(C)Oc2ccc(C#N)cc2)cc1. The summed E-state index contributed by atoms with van der Waals surface area (Å²) in [7, 11) is 0. The summed E-state index contributed by atoms with van der Waals surface area (Å²) in [5.74, 6) is -0.274. The summed E-state index contributed by atoms with van der Waals surface area (Å²) in [4.78, 5) is 24.5. The van der Waals surface area contributed by atoms with E-state index in [2.05, 4.69) is 10.4 Å². The van der Waals surface area contributed by atoms with Crippen LogP contribution in [0.15, 0.2) is 54.6 Å². The van der Waals surface area contributed by atoms with Gasteiger partial charge in [-0.25, -0.2) is 9.48 Å². The Labute approximate surface area is 180 Å². The highest BCUT2D eigenvalue weighted by Crippen LogP contribution is 2.18. The number of nitrogens with one attached hydrogen (secondary N) is 1. The molecule has 0 spiro atoms. The molecule has 1 atom stereocenters. The van der Waals surface area contributed by atoms with Gasteiger partial charge in [-0.2, -0.15) is 10.4 Å². The second kappa shape index (κ2) is 9.59. The molecule has 0 aliphatic heterocycles. The molecule has 1 unspecified atom stereocenters. The van der Waals surface area contributed by atoms with Crippen molar-refractivity contribution in [2.45, 2.75) is 26.9 Å². The van der Waals surface area contributed by atoms with Crippen molar-refractivity contribution in [3.63, 3.8) is 0 Å². The van der Waals surface area contributed by atoms with Crippen LogP contribution < -0.4 is 10.1 Å². The van der Waals surface area contributed by atoms with E-state index < -0.39 is 24.6 Å². The van der Waals surface area contributed by atoms with Crippen molar-refractivity contribution in [1.82, 2.24) is 9.78 Å². The predicted molar refractivity (Wildman–Crippen MR) is 114 cm³/mol. The summed E-state index contributed by atoms with van der Waals surface area (Å²) in [5, 5.41) is 15.9. The van der Waals surface area contributed by atoms with Gasteiger partial charge >= 0.3 is 5.97 Å². The van der Waals surface area contributed by atoms with Gasteiger partial charge in [0.2, 0.25) is 0 Å². The zero-order valence-corrected chi connectivity index (χ0v) is 17.5. The Hall–Kier alpha value is -4.12. The molecule has 0 saturated carbocycles. The number of aromatic nitrogens is 2. The first-order chi connectivity index (χ1) is 14.9. The molecule has 1 N–H and O–H groups in total. The number of esters is 1. The average Bonchev–Trinajstić information content (AvgIpc) is 3.12. The second-order valence-electron chi connectivity index (χ2n) is 6.97. The number of benzene rings is 2. The van der Waals surface area contributed by atoms with E-state index >= 15 is 0 Å². The predicted octanol–water partition coefficient (Wildman–Crippen LogP) is 3.31. The molecule has 31 heavy (non-hydrogen) atoms. The van der Waals surface area contributed by atoms with Gasteiger partial charge in [0.1, 0.15) is 11.6 Å². The molecule has 3 aromatic rings. The molecule has 0 saturated heterocycles. The summed E-state index contributed by atoms with van der Waals surface area (Å²) >= 11 is 0. The molecule has 1 aromatic heterocycles. The molecular weight excluding hydrogens is 396 g/mol. The van der Waals surface area contributed by atoms with Crippen molar-refractivity contribution < 1.29 is 19.1 Å². The standard InChI is InChI=1S/C23H22N4O4/c1-15-4-8-19(9-5-15)27-21(12-16(2)26-27)25-22(28)14-30-23(29)17(3)31-20-10-6-18(13-24)7-11-20/h4-12,17H,14H2,1-3H3,(H,25,28). The Morgan fingerprint density at radius 2 is 1.81 bits per heavy atom. The topological polar surface area (TPSA) is 106 Å². The largest absolute Gasteiger partial charge is 0.479 e. The fraction of sp³-hybridized carbons (Fsp3) is 0.217. The lowest BCUT2D eigenvalue weighted by Gasteiger charge is -2.14. The van der Waals surface area contributed by atoms with Crippen molar-refractivity contribution >= 4 is 17.7 Å². The number of ether oxygens (including phenoxy) is 2. The van der Waals surface area contributed by atoms with Crippen LogP contribution in [0.4, 0.5) is 5.82 Å². The van der Waals surface area contributed by atoms with Gasteiger partial charge in [-0.05, 0) is 57.2 Å². The van der Waals surface area contributed by atoms with Crippen LogP contribution in [0.5, 0.6) is 5.75 Å². The van der Waals surface area contributed by atoms with E-state index in [0.29, 0.717) is 17.1 Å². The summed E-state index contributed by atoms with van der Waals surface area (Å²) < 4.78 is 12.2. The number of aryl methyl sites for hydroxylation is 2. The molecule has 0 aliphatic rings. The van der Waals surface area contributed by atoms with E-state index in [1.54, 1.807) is 35.0 Å². The van der Waals surface area contributed by atoms with Crippen LogP contribution in [0.25, 0.3) is 5.69 Å². The highest BCUT2D eigenvalue weighted by Gasteiger charge is 2.19. The first-order valence-electron chi connectivity index (χ1n) is 9.62. The minimum Gasteiger partial charge on any atom is -0.479 e. The molecular formula is C23H22N4O4. The average molecular weight is 418 g/mol. The highest BCUT2D eigenvalue weighted by atomic mass is 16.6. The number of rotatable bonds is 7. The van der Waals surface area contributed by atoms with E-state index in [1.807, 2.05) is 44.2 Å². The Morgan fingerprint density at radius 1 is 1.13 bits per heavy atom. The lowest BCUT2D eigenvalue weighted by atomic mass is 10.2. The van der Waals surface area contributed by atoms with Crippen LogP contribution in [0, 0.1) is 25.2 Å². The fourth-order valence-electron chi connectivity index (χ4n) is 2.76. The molecule has 0 aliphatic carbocycles. The number of hydrogen-bond acceptors (Lipinski definition) is 6. The van der Waals surface area contributed by atoms with Crippen LogP contribution in [0.2, 0.25) is 0 Å². The van der Waals surface area contributed by atoms with E-state index in [9.17, 15) is 9.59 Å². The first kappa shape index (κ1) is 21.6. The maximum Gasteiger partial charge on any atom is 0.347 e. The van der Waals surface area contributed by atoms with Crippen LogP contribution in [-0.2, 0) is 14.3 Å². The van der Waals surface area contributed by atoms with E-state index in [0.717, 1.165) is 16.9 Å². The van der Waals surface area contributed by atoms with E-state index in [-0.39, 0.29) is 0 Å². The number of carbonyl (C=O) groups is 2.